The van der Waals surface area contributed by atoms with E-state index >= 15 is 0 Å². The number of hydrogen-bond donors (Lipinski definition) is 0. The lowest BCUT2D eigenvalue weighted by Crippen LogP contribution is -2.47. The standard InChI is InChI=1S/C19H18N4O3/c1-12-9-13-5-2-3-6-15(13)23(12)17(24)11-22-18(25)14(10-20)16-7-4-8-21(16)19(22)26/h2-3,5-6,12H,4,7-9,11H2,1H3/t12-/m1/s1. The summed E-state index contributed by atoms with van der Waals surface area (Å²) in [6.07, 6.45) is 2.00. The summed E-state index contributed by atoms with van der Waals surface area (Å²) in [6.45, 7) is 2.06. The number of nitrogens with zero attached hydrogens (tertiary/aromatic N) is 4. The third-order valence-electron chi connectivity index (χ3n) is 5.21. The predicted molar refractivity (Wildman–Crippen MR) is 95.1 cm³/mol. The molecule has 0 saturated heterocycles. The van der Waals surface area contributed by atoms with Crippen LogP contribution in [0.3, 0.4) is 0 Å². The van der Waals surface area contributed by atoms with Crippen molar-refractivity contribution >= 4 is 11.6 Å². The number of anilines is 1. The van der Waals surface area contributed by atoms with Crippen molar-refractivity contribution in [1.29, 1.82) is 5.26 Å². The fourth-order valence-electron chi connectivity index (χ4n) is 4.05. The van der Waals surface area contributed by atoms with Crippen molar-refractivity contribution in [2.75, 3.05) is 4.90 Å². The molecule has 4 rings (SSSR count). The predicted octanol–water partition coefficient (Wildman–Crippen LogP) is 0.806. The number of nitriles is 1. The highest BCUT2D eigenvalue weighted by Gasteiger charge is 2.32. The van der Waals surface area contributed by atoms with Crippen LogP contribution in [0.5, 0.6) is 0 Å². The second-order valence-corrected chi connectivity index (χ2v) is 6.81. The van der Waals surface area contributed by atoms with Crippen molar-refractivity contribution in [3.63, 3.8) is 0 Å². The SMILES string of the molecule is C[C@@H]1Cc2ccccc2N1C(=O)Cn1c(=O)c(C#N)c2n(c1=O)CCC2. The quantitative estimate of drug-likeness (QED) is 0.802. The molecule has 7 heteroatoms. The van der Waals surface area contributed by atoms with Gasteiger partial charge in [-0.3, -0.25) is 14.2 Å². The van der Waals surface area contributed by atoms with Crippen LogP contribution in [0, 0.1) is 11.3 Å². The van der Waals surface area contributed by atoms with Crippen molar-refractivity contribution in [1.82, 2.24) is 9.13 Å². The molecule has 0 saturated carbocycles. The third-order valence-corrected chi connectivity index (χ3v) is 5.21. The maximum absolute atomic E-state index is 12.9. The monoisotopic (exact) mass is 350 g/mol. The number of aromatic nitrogens is 2. The van der Waals surface area contributed by atoms with Gasteiger partial charge in [0, 0.05) is 24.0 Å². The van der Waals surface area contributed by atoms with Crippen LogP contribution in [-0.4, -0.2) is 21.1 Å². The zero-order valence-electron chi connectivity index (χ0n) is 14.4. The van der Waals surface area contributed by atoms with Gasteiger partial charge in [-0.25, -0.2) is 9.36 Å². The number of carbonyl (C=O) groups excluding carboxylic acids is 1. The summed E-state index contributed by atoms with van der Waals surface area (Å²) >= 11 is 0. The van der Waals surface area contributed by atoms with Gasteiger partial charge in [-0.15, -0.1) is 0 Å². The molecule has 1 aromatic heterocycles. The lowest BCUT2D eigenvalue weighted by atomic mass is 10.1. The van der Waals surface area contributed by atoms with Gasteiger partial charge in [-0.2, -0.15) is 5.26 Å². The summed E-state index contributed by atoms with van der Waals surface area (Å²) in [7, 11) is 0. The zero-order valence-corrected chi connectivity index (χ0v) is 14.4. The van der Waals surface area contributed by atoms with E-state index in [9.17, 15) is 19.6 Å². The molecule has 0 radical (unpaired) electrons. The van der Waals surface area contributed by atoms with E-state index in [0.29, 0.717) is 18.7 Å². The van der Waals surface area contributed by atoms with Gasteiger partial charge in [0.2, 0.25) is 5.91 Å². The molecule has 2 aromatic rings. The lowest BCUT2D eigenvalue weighted by molar-refractivity contribution is -0.119. The molecule has 0 N–H and O–H groups in total. The van der Waals surface area contributed by atoms with Crippen LogP contribution in [0.15, 0.2) is 33.9 Å². The van der Waals surface area contributed by atoms with Crippen LogP contribution >= 0.6 is 0 Å². The Labute approximate surface area is 149 Å². The van der Waals surface area contributed by atoms with Gasteiger partial charge >= 0.3 is 5.69 Å². The Bertz CT molecular complexity index is 1070. The van der Waals surface area contributed by atoms with Gasteiger partial charge in [0.15, 0.2) is 0 Å². The molecule has 0 aliphatic carbocycles. The number of benzene rings is 1. The normalized spacial score (nSPS) is 17.7. The van der Waals surface area contributed by atoms with Gasteiger partial charge in [0.1, 0.15) is 18.2 Å². The average Bonchev–Trinajstić information content (AvgIpc) is 3.22. The smallest absolute Gasteiger partial charge is 0.307 e. The van der Waals surface area contributed by atoms with Crippen LogP contribution in [0.25, 0.3) is 0 Å². The van der Waals surface area contributed by atoms with Gasteiger partial charge in [0.05, 0.1) is 0 Å². The average molecular weight is 350 g/mol. The zero-order chi connectivity index (χ0) is 18.4. The molecular formula is C19H18N4O3. The van der Waals surface area contributed by atoms with E-state index in [0.717, 1.165) is 28.7 Å². The minimum Gasteiger partial charge on any atom is -0.307 e. The van der Waals surface area contributed by atoms with E-state index in [4.69, 9.17) is 0 Å². The van der Waals surface area contributed by atoms with Crippen molar-refractivity contribution in [3.05, 3.63) is 61.9 Å². The second kappa shape index (κ2) is 5.99. The first kappa shape index (κ1) is 16.3. The Hall–Kier alpha value is -3.14. The highest BCUT2D eigenvalue weighted by molar-refractivity contribution is 5.96. The fraction of sp³-hybridized carbons (Fsp3) is 0.368. The van der Waals surface area contributed by atoms with Crippen molar-refractivity contribution < 1.29 is 4.79 Å². The number of rotatable bonds is 2. The van der Waals surface area contributed by atoms with E-state index in [2.05, 4.69) is 0 Å². The van der Waals surface area contributed by atoms with E-state index in [1.807, 2.05) is 37.3 Å². The molecule has 0 fully saturated rings. The van der Waals surface area contributed by atoms with Crippen LogP contribution in [-0.2, 0) is 30.7 Å². The Morgan fingerprint density at radius 2 is 2.08 bits per heavy atom. The number of carbonyl (C=O) groups is 1. The second-order valence-electron chi connectivity index (χ2n) is 6.81. The van der Waals surface area contributed by atoms with E-state index in [1.54, 1.807) is 4.90 Å². The fourth-order valence-corrected chi connectivity index (χ4v) is 4.05. The third kappa shape index (κ3) is 2.30. The molecule has 3 heterocycles. The first-order valence-corrected chi connectivity index (χ1v) is 8.69. The molecular weight excluding hydrogens is 332 g/mol. The number of para-hydroxylation sites is 1. The summed E-state index contributed by atoms with van der Waals surface area (Å²) in [5.74, 6) is -0.316. The lowest BCUT2D eigenvalue weighted by Gasteiger charge is -2.23. The minimum absolute atomic E-state index is 0.0234. The molecule has 1 aromatic carbocycles. The Balaban J connectivity index is 1.75. The molecule has 0 spiro atoms. The summed E-state index contributed by atoms with van der Waals surface area (Å²) in [6, 6.07) is 9.51. The first-order chi connectivity index (χ1) is 12.5. The van der Waals surface area contributed by atoms with Crippen molar-refractivity contribution in [2.45, 2.75) is 45.3 Å². The first-order valence-electron chi connectivity index (χ1n) is 8.69. The molecule has 0 bridgehead atoms. The molecule has 0 unspecified atom stereocenters. The van der Waals surface area contributed by atoms with Gasteiger partial charge in [0.25, 0.3) is 5.56 Å². The molecule has 7 nitrogen and oxygen atoms in total. The van der Waals surface area contributed by atoms with Crippen molar-refractivity contribution in [2.24, 2.45) is 0 Å². The minimum atomic E-state index is -0.667. The van der Waals surface area contributed by atoms with E-state index < -0.39 is 11.2 Å². The van der Waals surface area contributed by atoms with Crippen LogP contribution < -0.4 is 16.1 Å². The van der Waals surface area contributed by atoms with E-state index in [-0.39, 0.29) is 24.1 Å². The number of amides is 1. The molecule has 26 heavy (non-hydrogen) atoms. The summed E-state index contributed by atoms with van der Waals surface area (Å²) in [5, 5.41) is 9.34. The van der Waals surface area contributed by atoms with Gasteiger partial charge in [-0.1, -0.05) is 18.2 Å². The van der Waals surface area contributed by atoms with Crippen LogP contribution in [0.1, 0.15) is 30.2 Å². The number of hydrogen-bond acceptors (Lipinski definition) is 4. The highest BCUT2D eigenvalue weighted by atomic mass is 16.2. The molecule has 2 aliphatic rings. The summed E-state index contributed by atoms with van der Waals surface area (Å²) in [5.41, 5.74) is 1.19. The Morgan fingerprint density at radius 1 is 1.31 bits per heavy atom. The van der Waals surface area contributed by atoms with Crippen LogP contribution in [0.2, 0.25) is 0 Å². The van der Waals surface area contributed by atoms with Crippen molar-refractivity contribution in [3.8, 4) is 6.07 Å². The highest BCUT2D eigenvalue weighted by Crippen LogP contribution is 2.31. The Morgan fingerprint density at radius 3 is 2.85 bits per heavy atom. The molecule has 2 aliphatic heterocycles. The van der Waals surface area contributed by atoms with Crippen LogP contribution in [0.4, 0.5) is 5.69 Å². The Kier molecular flexibility index (Phi) is 3.76. The van der Waals surface area contributed by atoms with E-state index in [1.165, 1.54) is 4.57 Å². The number of fused-ring (bicyclic) bond motifs is 2. The molecule has 1 atom stereocenters. The van der Waals surface area contributed by atoms with Gasteiger partial charge in [-0.05, 0) is 37.8 Å². The largest absolute Gasteiger partial charge is 0.331 e. The summed E-state index contributed by atoms with van der Waals surface area (Å²) < 4.78 is 2.36. The van der Waals surface area contributed by atoms with Gasteiger partial charge < -0.3 is 4.90 Å². The maximum atomic E-state index is 12.9. The maximum Gasteiger partial charge on any atom is 0.331 e. The molecule has 132 valence electrons. The topological polar surface area (TPSA) is 88.1 Å². The summed E-state index contributed by atoms with van der Waals surface area (Å²) in [4.78, 5) is 39.9. The molecule has 1 amide bonds.